The van der Waals surface area contributed by atoms with Gasteiger partial charge in [0.1, 0.15) is 12.4 Å². The molecule has 19 heavy (non-hydrogen) atoms. The van der Waals surface area contributed by atoms with E-state index >= 15 is 0 Å². The second-order valence-corrected chi connectivity index (χ2v) is 4.05. The Hall–Kier alpha value is -2.54. The van der Waals surface area contributed by atoms with Crippen molar-refractivity contribution in [3.63, 3.8) is 0 Å². The zero-order chi connectivity index (χ0) is 13.7. The van der Waals surface area contributed by atoms with Gasteiger partial charge in [-0.1, -0.05) is 12.1 Å². The molecule has 1 aromatic carbocycles. The van der Waals surface area contributed by atoms with Crippen molar-refractivity contribution in [3.8, 4) is 17.7 Å². The first-order valence-electron chi connectivity index (χ1n) is 5.86. The first kappa shape index (κ1) is 12.9. The van der Waals surface area contributed by atoms with Gasteiger partial charge in [0.15, 0.2) is 0 Å². The number of pyridine rings is 1. The van der Waals surface area contributed by atoms with E-state index in [4.69, 9.17) is 14.7 Å². The normalized spacial score (nSPS) is 9.74. The zero-order valence-corrected chi connectivity index (χ0v) is 10.9. The van der Waals surface area contributed by atoms with Crippen molar-refractivity contribution in [2.24, 2.45) is 0 Å². The molecule has 0 saturated heterocycles. The van der Waals surface area contributed by atoms with Crippen molar-refractivity contribution in [1.82, 2.24) is 4.98 Å². The number of hydrogen-bond acceptors (Lipinski definition) is 4. The monoisotopic (exact) mass is 254 g/mol. The summed E-state index contributed by atoms with van der Waals surface area (Å²) in [5.74, 6) is 1.25. The van der Waals surface area contributed by atoms with Crippen LogP contribution in [-0.4, -0.2) is 12.1 Å². The molecule has 0 aliphatic carbocycles. The summed E-state index contributed by atoms with van der Waals surface area (Å²) in [4.78, 5) is 4.17. The first-order valence-corrected chi connectivity index (χ1v) is 5.86. The topological polar surface area (TPSA) is 55.1 Å². The Morgan fingerprint density at radius 3 is 2.84 bits per heavy atom. The van der Waals surface area contributed by atoms with Gasteiger partial charge in [-0.25, -0.2) is 4.98 Å². The largest absolute Gasteiger partial charge is 0.496 e. The van der Waals surface area contributed by atoms with Gasteiger partial charge in [-0.15, -0.1) is 0 Å². The Labute approximate surface area is 112 Å². The second kappa shape index (κ2) is 5.87. The minimum absolute atomic E-state index is 0.354. The lowest BCUT2D eigenvalue weighted by atomic mass is 10.1. The molecule has 2 rings (SSSR count). The first-order chi connectivity index (χ1) is 9.24. The van der Waals surface area contributed by atoms with Gasteiger partial charge in [0, 0.05) is 17.3 Å². The van der Waals surface area contributed by atoms with Gasteiger partial charge < -0.3 is 9.47 Å². The molecule has 1 aromatic heterocycles. The van der Waals surface area contributed by atoms with Crippen LogP contribution in [0.4, 0.5) is 0 Å². The second-order valence-electron chi connectivity index (χ2n) is 4.05. The molecular weight excluding hydrogens is 240 g/mol. The van der Waals surface area contributed by atoms with Gasteiger partial charge in [-0.2, -0.15) is 5.26 Å². The lowest BCUT2D eigenvalue weighted by Gasteiger charge is -2.11. The van der Waals surface area contributed by atoms with Gasteiger partial charge in [-0.3, -0.25) is 0 Å². The summed E-state index contributed by atoms with van der Waals surface area (Å²) in [6.07, 6.45) is 1.69. The van der Waals surface area contributed by atoms with Crippen LogP contribution < -0.4 is 9.47 Å². The third kappa shape index (κ3) is 3.02. The van der Waals surface area contributed by atoms with Crippen molar-refractivity contribution in [2.75, 3.05) is 7.11 Å². The van der Waals surface area contributed by atoms with E-state index in [0.29, 0.717) is 23.8 Å². The Bertz CT molecular complexity index is 618. The van der Waals surface area contributed by atoms with E-state index in [2.05, 4.69) is 11.1 Å². The van der Waals surface area contributed by atoms with Gasteiger partial charge >= 0.3 is 0 Å². The van der Waals surface area contributed by atoms with Gasteiger partial charge in [0.2, 0.25) is 5.88 Å². The molecule has 0 saturated carbocycles. The third-order valence-electron chi connectivity index (χ3n) is 2.74. The van der Waals surface area contributed by atoms with Crippen molar-refractivity contribution < 1.29 is 9.47 Å². The van der Waals surface area contributed by atoms with Crippen LogP contribution in [0.1, 0.15) is 16.7 Å². The summed E-state index contributed by atoms with van der Waals surface area (Å²) in [5, 5.41) is 8.85. The van der Waals surface area contributed by atoms with Crippen molar-refractivity contribution in [1.29, 1.82) is 5.26 Å². The molecule has 4 heteroatoms. The Kier molecular flexibility index (Phi) is 3.99. The van der Waals surface area contributed by atoms with Crippen LogP contribution in [0.15, 0.2) is 36.5 Å². The number of benzene rings is 1. The number of nitriles is 1. The van der Waals surface area contributed by atoms with E-state index in [-0.39, 0.29) is 0 Å². The lowest BCUT2D eigenvalue weighted by Crippen LogP contribution is -2.01. The zero-order valence-electron chi connectivity index (χ0n) is 10.9. The van der Waals surface area contributed by atoms with Crippen LogP contribution >= 0.6 is 0 Å². The van der Waals surface area contributed by atoms with Gasteiger partial charge in [0.05, 0.1) is 18.7 Å². The molecule has 1 heterocycles. The van der Waals surface area contributed by atoms with E-state index in [1.165, 1.54) is 0 Å². The third-order valence-corrected chi connectivity index (χ3v) is 2.74. The molecule has 0 fully saturated rings. The highest BCUT2D eigenvalue weighted by molar-refractivity contribution is 5.42. The summed E-state index contributed by atoms with van der Waals surface area (Å²) in [5.41, 5.74) is 2.43. The average Bonchev–Trinajstić information content (AvgIpc) is 2.46. The molecule has 0 bridgehead atoms. The minimum atomic E-state index is 0.354. The van der Waals surface area contributed by atoms with Crippen LogP contribution in [0.25, 0.3) is 0 Å². The quantitative estimate of drug-likeness (QED) is 0.841. The summed E-state index contributed by atoms with van der Waals surface area (Å²) < 4.78 is 10.9. The van der Waals surface area contributed by atoms with Crippen LogP contribution in [0.2, 0.25) is 0 Å². The molecule has 0 N–H and O–H groups in total. The van der Waals surface area contributed by atoms with Crippen LogP contribution in [0.5, 0.6) is 11.6 Å². The number of methoxy groups -OCH3 is 1. The maximum atomic E-state index is 8.85. The predicted octanol–water partition coefficient (Wildman–Crippen LogP) is 2.85. The fourth-order valence-corrected chi connectivity index (χ4v) is 1.70. The Morgan fingerprint density at radius 2 is 2.16 bits per heavy atom. The van der Waals surface area contributed by atoms with Crippen LogP contribution in [0, 0.1) is 18.3 Å². The lowest BCUT2D eigenvalue weighted by molar-refractivity contribution is 0.283. The summed E-state index contributed by atoms with van der Waals surface area (Å²) in [6, 6.07) is 11.2. The summed E-state index contributed by atoms with van der Waals surface area (Å²) >= 11 is 0. The Balaban J connectivity index is 2.16. The highest BCUT2D eigenvalue weighted by atomic mass is 16.5. The highest BCUT2D eigenvalue weighted by Crippen LogP contribution is 2.22. The van der Waals surface area contributed by atoms with Crippen LogP contribution in [-0.2, 0) is 6.61 Å². The molecule has 0 aliphatic rings. The smallest absolute Gasteiger partial charge is 0.216 e. The highest BCUT2D eigenvalue weighted by Gasteiger charge is 2.07. The standard InChI is InChI=1S/C15H14N2O2/c1-11-4-3-7-17-15(11)19-10-13-6-5-12(9-16)8-14(13)18-2/h3-8H,10H2,1-2H3. The number of hydrogen-bond donors (Lipinski definition) is 0. The summed E-state index contributed by atoms with van der Waals surface area (Å²) in [7, 11) is 1.58. The van der Waals surface area contributed by atoms with E-state index in [1.807, 2.05) is 25.1 Å². The number of rotatable bonds is 4. The van der Waals surface area contributed by atoms with E-state index in [1.54, 1.807) is 25.4 Å². The molecular formula is C15H14N2O2. The molecule has 0 radical (unpaired) electrons. The SMILES string of the molecule is COc1cc(C#N)ccc1COc1ncccc1C. The van der Waals surface area contributed by atoms with E-state index in [0.717, 1.165) is 11.1 Å². The molecule has 4 nitrogen and oxygen atoms in total. The average molecular weight is 254 g/mol. The molecule has 0 unspecified atom stereocenters. The van der Waals surface area contributed by atoms with Gasteiger partial charge in [-0.05, 0) is 25.1 Å². The van der Waals surface area contributed by atoms with Crippen molar-refractivity contribution in [2.45, 2.75) is 13.5 Å². The maximum absolute atomic E-state index is 8.85. The van der Waals surface area contributed by atoms with E-state index in [9.17, 15) is 0 Å². The summed E-state index contributed by atoms with van der Waals surface area (Å²) in [6.45, 7) is 2.30. The molecule has 96 valence electrons. The van der Waals surface area contributed by atoms with E-state index < -0.39 is 0 Å². The molecule has 2 aromatic rings. The molecule has 0 spiro atoms. The predicted molar refractivity (Wildman–Crippen MR) is 71.0 cm³/mol. The number of aromatic nitrogens is 1. The van der Waals surface area contributed by atoms with Crippen molar-refractivity contribution >= 4 is 0 Å². The van der Waals surface area contributed by atoms with Gasteiger partial charge in [0.25, 0.3) is 0 Å². The minimum Gasteiger partial charge on any atom is -0.496 e. The Morgan fingerprint density at radius 1 is 1.32 bits per heavy atom. The number of aryl methyl sites for hydroxylation is 1. The number of ether oxygens (including phenoxy) is 2. The molecule has 0 amide bonds. The fraction of sp³-hybridized carbons (Fsp3) is 0.200. The number of nitrogens with zero attached hydrogens (tertiary/aromatic N) is 2. The van der Waals surface area contributed by atoms with Crippen LogP contribution in [0.3, 0.4) is 0 Å². The molecule has 0 aliphatic heterocycles. The molecule has 0 atom stereocenters. The maximum Gasteiger partial charge on any atom is 0.216 e. The van der Waals surface area contributed by atoms with Crippen molar-refractivity contribution in [3.05, 3.63) is 53.2 Å². The fourth-order valence-electron chi connectivity index (χ4n) is 1.70.